The van der Waals surface area contributed by atoms with Crippen molar-refractivity contribution in [2.75, 3.05) is 19.8 Å². The Balaban J connectivity index is 2.49. The molecule has 0 saturated carbocycles. The van der Waals surface area contributed by atoms with E-state index in [1.54, 1.807) is 0 Å². The molecule has 0 aromatic heterocycles. The van der Waals surface area contributed by atoms with Crippen LogP contribution in [0.3, 0.4) is 0 Å². The minimum Gasteiger partial charge on any atom is -0.490 e. The van der Waals surface area contributed by atoms with Crippen LogP contribution in [0.4, 0.5) is 0 Å². The van der Waals surface area contributed by atoms with Crippen molar-refractivity contribution in [3.05, 3.63) is 23.8 Å². The maximum Gasteiger partial charge on any atom is 0.161 e. The summed E-state index contributed by atoms with van der Waals surface area (Å²) < 4.78 is 12.1. The number of ether oxygens (including phenoxy) is 2. The highest BCUT2D eigenvalue weighted by molar-refractivity contribution is 5.43. The number of rotatable bonds is 19. The molecular weight excluding hydrogens is 362 g/mol. The minimum atomic E-state index is -0.240. The van der Waals surface area contributed by atoms with Gasteiger partial charge in [0, 0.05) is 6.04 Å². The number of benzene rings is 1. The summed E-state index contributed by atoms with van der Waals surface area (Å²) in [6.07, 6.45) is 15.6. The molecule has 0 fully saturated rings. The third-order valence-electron chi connectivity index (χ3n) is 5.25. The molecule has 0 spiro atoms. The van der Waals surface area contributed by atoms with E-state index in [4.69, 9.17) is 15.2 Å². The predicted molar refractivity (Wildman–Crippen MR) is 123 cm³/mol. The molecule has 0 aliphatic rings. The Morgan fingerprint density at radius 2 is 1.28 bits per heavy atom. The van der Waals surface area contributed by atoms with Crippen LogP contribution in [0.25, 0.3) is 0 Å². The Bertz CT molecular complexity index is 507. The van der Waals surface area contributed by atoms with E-state index in [0.717, 1.165) is 43.1 Å². The van der Waals surface area contributed by atoms with Gasteiger partial charge < -0.3 is 20.3 Å². The zero-order valence-electron chi connectivity index (χ0n) is 19.0. The van der Waals surface area contributed by atoms with Crippen LogP contribution in [0.15, 0.2) is 18.2 Å². The van der Waals surface area contributed by atoms with Crippen molar-refractivity contribution in [3.8, 4) is 11.5 Å². The van der Waals surface area contributed by atoms with Crippen LogP contribution < -0.4 is 15.2 Å². The number of hydrogen-bond acceptors (Lipinski definition) is 4. The first-order chi connectivity index (χ1) is 14.2. The highest BCUT2D eigenvalue weighted by atomic mass is 16.5. The average molecular weight is 408 g/mol. The zero-order valence-corrected chi connectivity index (χ0v) is 19.0. The second-order valence-corrected chi connectivity index (χ2v) is 8.16. The Kier molecular flexibility index (Phi) is 15.6. The van der Waals surface area contributed by atoms with Crippen molar-refractivity contribution in [3.63, 3.8) is 0 Å². The molecule has 0 saturated heterocycles. The zero-order chi connectivity index (χ0) is 21.2. The first kappa shape index (κ1) is 25.8. The smallest absolute Gasteiger partial charge is 0.161 e. The van der Waals surface area contributed by atoms with Crippen molar-refractivity contribution in [1.82, 2.24) is 0 Å². The number of aliphatic hydroxyl groups is 1. The van der Waals surface area contributed by atoms with Crippen molar-refractivity contribution >= 4 is 0 Å². The van der Waals surface area contributed by atoms with Gasteiger partial charge in [-0.3, -0.25) is 0 Å². The standard InChI is InChI=1S/C25H45NO3/c1-3-5-7-9-11-13-17-28-24-16-15-22(19-23(26)21-27)20-25(24)29-18-14-12-10-8-6-4-2/h15-16,20,23,27H,3-14,17-19,21,26H2,1-2H3. The number of hydrogen-bond donors (Lipinski definition) is 2. The molecule has 4 nitrogen and oxygen atoms in total. The summed E-state index contributed by atoms with van der Waals surface area (Å²) in [4.78, 5) is 0. The lowest BCUT2D eigenvalue weighted by Crippen LogP contribution is -2.26. The van der Waals surface area contributed by atoms with Gasteiger partial charge in [0.05, 0.1) is 19.8 Å². The molecule has 0 heterocycles. The van der Waals surface area contributed by atoms with Gasteiger partial charge in [-0.1, -0.05) is 84.1 Å². The Morgan fingerprint density at radius 1 is 0.759 bits per heavy atom. The maximum atomic E-state index is 9.22. The molecule has 29 heavy (non-hydrogen) atoms. The van der Waals surface area contributed by atoms with Gasteiger partial charge in [0.1, 0.15) is 0 Å². The molecular formula is C25H45NO3. The van der Waals surface area contributed by atoms with Gasteiger partial charge in [0.2, 0.25) is 0 Å². The summed E-state index contributed by atoms with van der Waals surface area (Å²) in [5, 5.41) is 9.22. The first-order valence-corrected chi connectivity index (χ1v) is 12.0. The molecule has 0 radical (unpaired) electrons. The van der Waals surface area contributed by atoms with Gasteiger partial charge >= 0.3 is 0 Å². The third kappa shape index (κ3) is 12.8. The normalized spacial score (nSPS) is 12.1. The van der Waals surface area contributed by atoms with Crippen molar-refractivity contribution in [1.29, 1.82) is 0 Å². The lowest BCUT2D eigenvalue weighted by Gasteiger charge is -2.15. The topological polar surface area (TPSA) is 64.7 Å². The van der Waals surface area contributed by atoms with Crippen molar-refractivity contribution in [2.45, 2.75) is 103 Å². The van der Waals surface area contributed by atoms with E-state index in [0.29, 0.717) is 6.42 Å². The van der Waals surface area contributed by atoms with E-state index in [1.807, 2.05) is 18.2 Å². The molecule has 0 aliphatic heterocycles. The van der Waals surface area contributed by atoms with Crippen molar-refractivity contribution < 1.29 is 14.6 Å². The Morgan fingerprint density at radius 3 is 1.83 bits per heavy atom. The fourth-order valence-electron chi connectivity index (χ4n) is 3.41. The van der Waals surface area contributed by atoms with Crippen molar-refractivity contribution in [2.24, 2.45) is 5.73 Å². The van der Waals surface area contributed by atoms with Crippen LogP contribution in [-0.4, -0.2) is 31.0 Å². The largest absolute Gasteiger partial charge is 0.490 e. The molecule has 1 atom stereocenters. The number of aliphatic hydroxyl groups excluding tert-OH is 1. The Hall–Kier alpha value is -1.26. The molecule has 1 aromatic carbocycles. The second kappa shape index (κ2) is 17.6. The van der Waals surface area contributed by atoms with Gasteiger partial charge in [-0.2, -0.15) is 0 Å². The molecule has 0 amide bonds. The monoisotopic (exact) mass is 407 g/mol. The first-order valence-electron chi connectivity index (χ1n) is 12.0. The SMILES string of the molecule is CCCCCCCCOc1ccc(CC(N)CO)cc1OCCCCCCCC. The van der Waals surface area contributed by atoms with Gasteiger partial charge in [-0.05, 0) is 37.0 Å². The van der Waals surface area contributed by atoms with Crippen LogP contribution in [-0.2, 0) is 6.42 Å². The maximum absolute atomic E-state index is 9.22. The molecule has 0 aliphatic carbocycles. The van der Waals surface area contributed by atoms with E-state index < -0.39 is 0 Å². The summed E-state index contributed by atoms with van der Waals surface area (Å²) in [5.41, 5.74) is 6.98. The highest BCUT2D eigenvalue weighted by Crippen LogP contribution is 2.29. The van der Waals surface area contributed by atoms with E-state index in [2.05, 4.69) is 13.8 Å². The van der Waals surface area contributed by atoms with E-state index in [9.17, 15) is 5.11 Å². The summed E-state index contributed by atoms with van der Waals surface area (Å²) in [6.45, 7) is 5.92. The van der Waals surface area contributed by atoms with E-state index in [-0.39, 0.29) is 12.6 Å². The van der Waals surface area contributed by atoms with Crippen LogP contribution >= 0.6 is 0 Å². The molecule has 1 rings (SSSR count). The summed E-state index contributed by atoms with van der Waals surface area (Å²) in [5.74, 6) is 1.64. The lowest BCUT2D eigenvalue weighted by molar-refractivity contribution is 0.256. The lowest BCUT2D eigenvalue weighted by atomic mass is 10.1. The summed E-state index contributed by atoms with van der Waals surface area (Å²) in [7, 11) is 0. The van der Waals surface area contributed by atoms with Gasteiger partial charge in [0.15, 0.2) is 11.5 Å². The molecule has 0 bridgehead atoms. The highest BCUT2D eigenvalue weighted by Gasteiger charge is 2.10. The molecule has 4 heteroatoms. The van der Waals surface area contributed by atoms with Gasteiger partial charge in [0.25, 0.3) is 0 Å². The number of nitrogens with two attached hydrogens (primary N) is 1. The molecule has 3 N–H and O–H groups in total. The van der Waals surface area contributed by atoms with E-state index >= 15 is 0 Å². The number of unbranched alkanes of at least 4 members (excludes halogenated alkanes) is 10. The van der Waals surface area contributed by atoms with E-state index in [1.165, 1.54) is 64.2 Å². The van der Waals surface area contributed by atoms with Crippen LogP contribution in [0, 0.1) is 0 Å². The predicted octanol–water partition coefficient (Wildman–Crippen LogP) is 6.03. The van der Waals surface area contributed by atoms with Crippen LogP contribution in [0.2, 0.25) is 0 Å². The minimum absolute atomic E-state index is 0.00969. The molecule has 1 unspecified atom stereocenters. The van der Waals surface area contributed by atoms with Crippen LogP contribution in [0.5, 0.6) is 11.5 Å². The summed E-state index contributed by atoms with van der Waals surface area (Å²) >= 11 is 0. The molecule has 168 valence electrons. The quantitative estimate of drug-likeness (QED) is 0.275. The Labute approximate surface area is 179 Å². The van der Waals surface area contributed by atoms with Gasteiger partial charge in [-0.15, -0.1) is 0 Å². The average Bonchev–Trinajstić information content (AvgIpc) is 2.73. The second-order valence-electron chi connectivity index (χ2n) is 8.16. The fourth-order valence-corrected chi connectivity index (χ4v) is 3.41. The summed E-state index contributed by atoms with van der Waals surface area (Å²) in [6, 6.07) is 5.82. The molecule has 1 aromatic rings. The fraction of sp³-hybridized carbons (Fsp3) is 0.760. The van der Waals surface area contributed by atoms with Crippen LogP contribution in [0.1, 0.15) is 96.5 Å². The third-order valence-corrected chi connectivity index (χ3v) is 5.25. The van der Waals surface area contributed by atoms with Gasteiger partial charge in [-0.25, -0.2) is 0 Å².